The van der Waals surface area contributed by atoms with Gasteiger partial charge in [0.2, 0.25) is 0 Å². The van der Waals surface area contributed by atoms with Crippen LogP contribution in [0.1, 0.15) is 5.69 Å². The summed E-state index contributed by atoms with van der Waals surface area (Å²) < 4.78 is 11.9. The number of nitrogens with zero attached hydrogens (tertiary/aromatic N) is 3. The van der Waals surface area contributed by atoms with Gasteiger partial charge in [0, 0.05) is 31.2 Å². The predicted molar refractivity (Wildman–Crippen MR) is 95.7 cm³/mol. The number of carbonyl (C=O) groups excluding carboxylic acids is 1. The van der Waals surface area contributed by atoms with Crippen molar-refractivity contribution in [2.45, 2.75) is 12.1 Å². The first-order valence-electron chi connectivity index (χ1n) is 8.41. The number of morpholine rings is 1. The van der Waals surface area contributed by atoms with Gasteiger partial charge in [0.1, 0.15) is 12.2 Å². The zero-order valence-corrected chi connectivity index (χ0v) is 14.8. The van der Waals surface area contributed by atoms with Crippen LogP contribution in [0.5, 0.6) is 0 Å². The second-order valence-electron chi connectivity index (χ2n) is 6.52. The number of rotatable bonds is 3. The largest absolute Gasteiger partial charge is 0.377 e. The highest BCUT2D eigenvalue weighted by Gasteiger charge is 2.43. The van der Waals surface area contributed by atoms with Gasteiger partial charge in [0.25, 0.3) is 5.91 Å². The first kappa shape index (κ1) is 16.7. The minimum Gasteiger partial charge on any atom is -0.377 e. The summed E-state index contributed by atoms with van der Waals surface area (Å²) in [6, 6.07) is 7.93. The smallest absolute Gasteiger partial charge is 0.253 e. The first-order chi connectivity index (χ1) is 12.2. The molecule has 1 amide bonds. The van der Waals surface area contributed by atoms with E-state index < -0.39 is 5.60 Å². The molecule has 2 aromatic rings. The van der Waals surface area contributed by atoms with Crippen molar-refractivity contribution in [3.05, 3.63) is 46.9 Å². The van der Waals surface area contributed by atoms with E-state index in [-0.39, 0.29) is 12.5 Å². The van der Waals surface area contributed by atoms with E-state index in [4.69, 9.17) is 9.47 Å². The molecule has 2 aromatic heterocycles. The lowest BCUT2D eigenvalue weighted by atomic mass is 10.0. The SMILES string of the molecule is O=C1COC2(COCCN(Cc3ccccn3)C2)CN1c1ccsc1. The maximum Gasteiger partial charge on any atom is 0.253 e. The fourth-order valence-corrected chi connectivity index (χ4v) is 4.03. The highest BCUT2D eigenvalue weighted by molar-refractivity contribution is 7.08. The van der Waals surface area contributed by atoms with Crippen molar-refractivity contribution in [3.8, 4) is 0 Å². The molecule has 0 bridgehead atoms. The fourth-order valence-electron chi connectivity index (χ4n) is 3.38. The summed E-state index contributed by atoms with van der Waals surface area (Å²) >= 11 is 1.59. The van der Waals surface area contributed by atoms with Gasteiger partial charge in [-0.25, -0.2) is 0 Å². The Bertz CT molecular complexity index is 710. The Morgan fingerprint density at radius 3 is 3.04 bits per heavy atom. The Morgan fingerprint density at radius 2 is 2.24 bits per heavy atom. The van der Waals surface area contributed by atoms with Crippen LogP contribution >= 0.6 is 11.3 Å². The van der Waals surface area contributed by atoms with Crippen LogP contribution in [0.15, 0.2) is 41.2 Å². The molecular weight excluding hydrogens is 338 g/mol. The predicted octanol–water partition coefficient (Wildman–Crippen LogP) is 1.78. The van der Waals surface area contributed by atoms with Crippen molar-refractivity contribution in [2.24, 2.45) is 0 Å². The summed E-state index contributed by atoms with van der Waals surface area (Å²) in [6.07, 6.45) is 1.81. The molecule has 25 heavy (non-hydrogen) atoms. The van der Waals surface area contributed by atoms with Crippen molar-refractivity contribution in [3.63, 3.8) is 0 Å². The summed E-state index contributed by atoms with van der Waals surface area (Å²) in [4.78, 5) is 20.9. The van der Waals surface area contributed by atoms with Gasteiger partial charge < -0.3 is 14.4 Å². The topological polar surface area (TPSA) is 54.9 Å². The Kier molecular flexibility index (Phi) is 4.80. The number of ether oxygens (including phenoxy) is 2. The van der Waals surface area contributed by atoms with E-state index in [2.05, 4.69) is 9.88 Å². The molecule has 132 valence electrons. The molecule has 1 atom stereocenters. The summed E-state index contributed by atoms with van der Waals surface area (Å²) in [6.45, 7) is 4.06. The van der Waals surface area contributed by atoms with Crippen LogP contribution in [0.3, 0.4) is 0 Å². The molecule has 4 heterocycles. The minimum atomic E-state index is -0.499. The standard InChI is InChI=1S/C18H21N3O3S/c22-17-10-24-18(13-21(17)16-4-8-25-11-16)12-20(6-7-23-14-18)9-15-3-1-2-5-19-15/h1-5,8,11H,6-7,9-10,12-14H2. The summed E-state index contributed by atoms with van der Waals surface area (Å²) in [5.74, 6) is 0.00421. The van der Waals surface area contributed by atoms with Crippen molar-refractivity contribution in [1.82, 2.24) is 9.88 Å². The van der Waals surface area contributed by atoms with E-state index in [0.717, 1.165) is 31.0 Å². The van der Waals surface area contributed by atoms with Crippen LogP contribution in [0, 0.1) is 0 Å². The van der Waals surface area contributed by atoms with Crippen LogP contribution in [0.4, 0.5) is 5.69 Å². The lowest BCUT2D eigenvalue weighted by Gasteiger charge is -2.42. The van der Waals surface area contributed by atoms with E-state index >= 15 is 0 Å². The van der Waals surface area contributed by atoms with Crippen LogP contribution in [0.2, 0.25) is 0 Å². The fraction of sp³-hybridized carbons (Fsp3) is 0.444. The lowest BCUT2D eigenvalue weighted by Crippen LogP contribution is -2.60. The normalized spacial score (nSPS) is 25.3. The monoisotopic (exact) mass is 359 g/mol. The molecule has 6 nitrogen and oxygen atoms in total. The molecule has 7 heteroatoms. The molecule has 2 saturated heterocycles. The first-order valence-corrected chi connectivity index (χ1v) is 9.35. The number of pyridine rings is 1. The van der Waals surface area contributed by atoms with Gasteiger partial charge in [-0.1, -0.05) is 6.07 Å². The van der Waals surface area contributed by atoms with Crippen LogP contribution in [-0.4, -0.2) is 60.8 Å². The number of carbonyl (C=O) groups is 1. The average molecular weight is 359 g/mol. The van der Waals surface area contributed by atoms with Gasteiger partial charge in [-0.2, -0.15) is 11.3 Å². The second kappa shape index (κ2) is 7.21. The van der Waals surface area contributed by atoms with Crippen LogP contribution in [0.25, 0.3) is 0 Å². The van der Waals surface area contributed by atoms with Gasteiger partial charge in [0.15, 0.2) is 0 Å². The van der Waals surface area contributed by atoms with Gasteiger partial charge in [-0.15, -0.1) is 0 Å². The van der Waals surface area contributed by atoms with E-state index in [1.54, 1.807) is 11.3 Å². The van der Waals surface area contributed by atoms with Crippen LogP contribution < -0.4 is 4.90 Å². The zero-order valence-electron chi connectivity index (χ0n) is 14.0. The molecule has 2 fully saturated rings. The number of aromatic nitrogens is 1. The Labute approximate surface area is 151 Å². The quantitative estimate of drug-likeness (QED) is 0.836. The molecule has 0 saturated carbocycles. The maximum absolute atomic E-state index is 12.3. The maximum atomic E-state index is 12.3. The number of thiophene rings is 1. The third kappa shape index (κ3) is 3.74. The van der Waals surface area contributed by atoms with Gasteiger partial charge >= 0.3 is 0 Å². The molecule has 0 aliphatic carbocycles. The molecule has 0 radical (unpaired) electrons. The van der Waals surface area contributed by atoms with Gasteiger partial charge in [0.05, 0.1) is 31.1 Å². The Morgan fingerprint density at radius 1 is 1.28 bits per heavy atom. The molecule has 0 aromatic carbocycles. The third-order valence-corrected chi connectivity index (χ3v) is 5.28. The zero-order chi connectivity index (χ0) is 17.1. The number of amides is 1. The molecule has 1 spiro atoms. The number of hydrogen-bond acceptors (Lipinski definition) is 6. The molecule has 4 rings (SSSR count). The van der Waals surface area contributed by atoms with E-state index in [0.29, 0.717) is 19.8 Å². The van der Waals surface area contributed by atoms with E-state index in [1.807, 2.05) is 46.1 Å². The molecular formula is C18H21N3O3S. The van der Waals surface area contributed by atoms with Gasteiger partial charge in [-0.05, 0) is 23.6 Å². The highest BCUT2D eigenvalue weighted by Crippen LogP contribution is 2.28. The summed E-state index contributed by atoms with van der Waals surface area (Å²) in [5, 5.41) is 3.99. The van der Waals surface area contributed by atoms with Crippen molar-refractivity contribution < 1.29 is 14.3 Å². The number of hydrogen-bond donors (Lipinski definition) is 0. The van der Waals surface area contributed by atoms with Crippen molar-refractivity contribution in [2.75, 3.05) is 44.4 Å². The second-order valence-corrected chi connectivity index (χ2v) is 7.30. The van der Waals surface area contributed by atoms with E-state index in [9.17, 15) is 4.79 Å². The van der Waals surface area contributed by atoms with Crippen molar-refractivity contribution >= 4 is 22.9 Å². The Balaban J connectivity index is 1.52. The van der Waals surface area contributed by atoms with Gasteiger partial charge in [-0.3, -0.25) is 14.7 Å². The number of anilines is 1. The Hall–Kier alpha value is -1.80. The average Bonchev–Trinajstić information content (AvgIpc) is 3.09. The summed E-state index contributed by atoms with van der Waals surface area (Å²) in [5.41, 5.74) is 1.47. The minimum absolute atomic E-state index is 0.00421. The van der Waals surface area contributed by atoms with Crippen LogP contribution in [-0.2, 0) is 20.8 Å². The van der Waals surface area contributed by atoms with E-state index in [1.165, 1.54) is 0 Å². The molecule has 0 N–H and O–H groups in total. The molecule has 2 aliphatic rings. The highest BCUT2D eigenvalue weighted by atomic mass is 32.1. The molecule has 1 unspecified atom stereocenters. The van der Waals surface area contributed by atoms with Crippen molar-refractivity contribution in [1.29, 1.82) is 0 Å². The summed E-state index contributed by atoms with van der Waals surface area (Å²) in [7, 11) is 0. The lowest BCUT2D eigenvalue weighted by molar-refractivity contribution is -0.146. The third-order valence-electron chi connectivity index (χ3n) is 4.61. The molecule has 2 aliphatic heterocycles.